The number of carboxylic acid groups (broad SMARTS) is 2. The summed E-state index contributed by atoms with van der Waals surface area (Å²) >= 11 is 0. The largest absolute Gasteiger partial charge is 0.478 e. The summed E-state index contributed by atoms with van der Waals surface area (Å²) in [6, 6.07) is 1.49. The molecule has 0 radical (unpaired) electrons. The molecule has 7 atom stereocenters. The van der Waals surface area contributed by atoms with E-state index in [2.05, 4.69) is 26.3 Å². The van der Waals surface area contributed by atoms with Gasteiger partial charge in [0.15, 0.2) is 5.78 Å². The average molecular weight is 1550 g/mol. The molecule has 6 N–H and O–H groups in total. The number of esters is 11. The molecule has 34 nitrogen and oxygen atoms in total. The first-order valence-corrected chi connectivity index (χ1v) is 34.8. The topological polar surface area (TPSA) is 491 Å². The van der Waals surface area contributed by atoms with Gasteiger partial charge in [-0.3, -0.25) is 38.4 Å². The Morgan fingerprint density at radius 1 is 0.486 bits per heavy atom. The predicted molar refractivity (Wildman–Crippen MR) is 384 cm³/mol. The molecular formula is C75H111NO33. The molecule has 109 heavy (non-hydrogen) atoms. The normalized spacial score (nSPS) is 14.9. The van der Waals surface area contributed by atoms with Crippen molar-refractivity contribution in [2.75, 3.05) is 86.8 Å². The molecule has 614 valence electrons. The molecule has 0 spiro atoms. The highest BCUT2D eigenvalue weighted by Crippen LogP contribution is 2.30. The number of aromatic carboxylic acids is 2. The zero-order valence-corrected chi connectivity index (χ0v) is 65.2. The molecule has 1 aliphatic carbocycles. The van der Waals surface area contributed by atoms with Gasteiger partial charge in [-0.25, -0.2) is 33.6 Å². The zero-order chi connectivity index (χ0) is 84.3. The number of carbonyl (C=O) groups excluding carboxylic acids is 13. The van der Waals surface area contributed by atoms with Gasteiger partial charge >= 0.3 is 77.6 Å². The number of rotatable bonds is 43. The van der Waals surface area contributed by atoms with Crippen LogP contribution in [0.15, 0.2) is 60.7 Å². The fourth-order valence-corrected chi connectivity index (χ4v) is 8.14. The minimum atomic E-state index is -1.64. The molecule has 34 heteroatoms. The monoisotopic (exact) mass is 1550 g/mol. The number of aliphatic hydroxyl groups is 4. The van der Waals surface area contributed by atoms with Gasteiger partial charge < -0.3 is 92.4 Å². The molecule has 0 bridgehead atoms. The number of amides is 1. The van der Waals surface area contributed by atoms with E-state index >= 15 is 0 Å². The van der Waals surface area contributed by atoms with E-state index in [1.165, 1.54) is 27.9 Å². The number of carbonyl (C=O) groups is 15. The molecule has 1 saturated carbocycles. The Morgan fingerprint density at radius 2 is 0.890 bits per heavy atom. The lowest BCUT2D eigenvalue weighted by Gasteiger charge is -2.34. The van der Waals surface area contributed by atoms with Crippen LogP contribution in [-0.4, -0.2) is 248 Å². The van der Waals surface area contributed by atoms with Crippen LogP contribution in [-0.2, 0) is 110 Å². The van der Waals surface area contributed by atoms with Crippen molar-refractivity contribution in [2.24, 2.45) is 16.2 Å². The van der Waals surface area contributed by atoms with E-state index in [0.717, 1.165) is 19.4 Å². The van der Waals surface area contributed by atoms with Crippen LogP contribution < -0.4 is 0 Å². The lowest BCUT2D eigenvalue weighted by Crippen LogP contribution is -2.43. The van der Waals surface area contributed by atoms with E-state index in [0.29, 0.717) is 43.9 Å². The quantitative estimate of drug-likeness (QED) is 0.0147. The van der Waals surface area contributed by atoms with Crippen LogP contribution in [0.3, 0.4) is 0 Å². The molecule has 0 aromatic heterocycles. The van der Waals surface area contributed by atoms with Gasteiger partial charge in [0.2, 0.25) is 5.91 Å². The summed E-state index contributed by atoms with van der Waals surface area (Å²) in [6.07, 6.45) is -2.26. The molecule has 0 saturated heterocycles. The maximum Gasteiger partial charge on any atom is 0.339 e. The highest BCUT2D eigenvalue weighted by atomic mass is 16.6. The SMILES string of the molecule is C=C(C)C(=O)OC1CCC(OC(=O)C(C)(C)CC)C(O)C1.C=C(C)C(=O)OCC(O)COC(=O)C(CC)(COC)COC(=O)c1cc(C(C)=O)c(C(=O)O)cc1C(=O)O.C=C(C)C(=O)OCC(O)COC(=O)CCC(=O)N(C)CCC.C=C(C)C(=O)OCC(O)COC(=O)CCC(=O)OCCOC(=O)C(C)(C)CC. The Labute approximate surface area is 634 Å². The van der Waals surface area contributed by atoms with E-state index < -0.39 is 160 Å². The number of hydrogen-bond donors (Lipinski definition) is 6. The van der Waals surface area contributed by atoms with Crippen molar-refractivity contribution in [3.05, 3.63) is 83.0 Å². The van der Waals surface area contributed by atoms with Gasteiger partial charge in [-0.05, 0) is 113 Å². The van der Waals surface area contributed by atoms with Crippen molar-refractivity contribution in [1.82, 2.24) is 4.90 Å². The van der Waals surface area contributed by atoms with Crippen LogP contribution >= 0.6 is 0 Å². The van der Waals surface area contributed by atoms with Gasteiger partial charge in [-0.2, -0.15) is 0 Å². The molecular weight excluding hydrogens is 1440 g/mol. The lowest BCUT2D eigenvalue weighted by atomic mass is 9.87. The van der Waals surface area contributed by atoms with E-state index in [9.17, 15) is 103 Å². The summed E-state index contributed by atoms with van der Waals surface area (Å²) in [5.41, 5.74) is -4.21. The van der Waals surface area contributed by atoms with E-state index in [-0.39, 0.29) is 125 Å². The number of benzene rings is 1. The summed E-state index contributed by atoms with van der Waals surface area (Å²) in [5, 5.41) is 57.9. The minimum absolute atomic E-state index is 0.0239. The second-order valence-corrected chi connectivity index (χ2v) is 26.6. The highest BCUT2D eigenvalue weighted by molar-refractivity contribution is 6.11. The van der Waals surface area contributed by atoms with Gasteiger partial charge in [0.05, 0.1) is 59.5 Å². The van der Waals surface area contributed by atoms with E-state index in [1.807, 2.05) is 34.6 Å². The third kappa shape index (κ3) is 40.3. The summed E-state index contributed by atoms with van der Waals surface area (Å²) in [6.45, 7) is 32.4. The standard InChI is InChI=1S/C25H30O13.C19H30O9.C16H26O5.C15H25NO6/c1-6-25(11-35-5,24(34)37-10-15(27)9-36-22(32)13(2)3)12-38-23(33)19-7-16(14(4)26)17(20(28)29)8-18(19)21(30)31;1-6-19(4,5)18(24)26-10-9-25-15(21)7-8-16(22)27-11-14(20)12-28-17(23)13(2)3;1-6-16(4,5)15(19)21-13-8-7-11(9-12(13)17)20-14(18)10(2)3;1-5-8-16(4)13(18)6-7-14(19)21-9-12(17)10-22-15(20)11(2)3/h7-8,15,27H,2,6,9-12H2,1,3-5H3,(H,28,29)(H,30,31);14,20H,2,6-12H2,1,3-5H3;11-13,17H,2,6-9H2,1,3-5H3;12,17H,2,5-10H2,1,3-4H3. The van der Waals surface area contributed by atoms with Crippen LogP contribution in [0, 0.1) is 16.2 Å². The maximum absolute atomic E-state index is 12.9. The maximum atomic E-state index is 12.9. The van der Waals surface area contributed by atoms with Crippen LogP contribution in [0.25, 0.3) is 0 Å². The first kappa shape index (κ1) is 101. The van der Waals surface area contributed by atoms with Gasteiger partial charge in [0.1, 0.15) is 95.4 Å². The summed E-state index contributed by atoms with van der Waals surface area (Å²) in [7, 11) is 2.95. The third-order valence-electron chi connectivity index (χ3n) is 15.9. The van der Waals surface area contributed by atoms with Crippen molar-refractivity contribution in [3.63, 3.8) is 0 Å². The number of methoxy groups -OCH3 is 1. The number of ether oxygens (including phenoxy) is 12. The Bertz CT molecular complexity index is 3330. The molecule has 1 aromatic rings. The van der Waals surface area contributed by atoms with Crippen molar-refractivity contribution in [1.29, 1.82) is 0 Å². The minimum Gasteiger partial charge on any atom is -0.478 e. The number of ketones is 1. The van der Waals surface area contributed by atoms with Crippen molar-refractivity contribution in [2.45, 2.75) is 197 Å². The van der Waals surface area contributed by atoms with E-state index in [4.69, 9.17) is 56.8 Å². The summed E-state index contributed by atoms with van der Waals surface area (Å²) < 4.78 is 59.7. The second kappa shape index (κ2) is 51.5. The molecule has 1 fully saturated rings. The number of Topliss-reactive ketones (excluding diaryl/α,β-unsaturated/α-hetero) is 1. The van der Waals surface area contributed by atoms with Crippen molar-refractivity contribution in [3.8, 4) is 0 Å². The van der Waals surface area contributed by atoms with Crippen LogP contribution in [0.4, 0.5) is 0 Å². The summed E-state index contributed by atoms with van der Waals surface area (Å²) in [4.78, 5) is 177. The lowest BCUT2D eigenvalue weighted by molar-refractivity contribution is -0.174. The Kier molecular flexibility index (Phi) is 47.9. The van der Waals surface area contributed by atoms with Crippen LogP contribution in [0.5, 0.6) is 0 Å². The Morgan fingerprint density at radius 3 is 1.29 bits per heavy atom. The van der Waals surface area contributed by atoms with Gasteiger partial charge in [-0.15, -0.1) is 0 Å². The van der Waals surface area contributed by atoms with Gasteiger partial charge in [-0.1, -0.05) is 54.0 Å². The molecule has 0 heterocycles. The zero-order valence-electron chi connectivity index (χ0n) is 65.2. The third-order valence-corrected chi connectivity index (χ3v) is 15.9. The fraction of sp³-hybridized carbons (Fsp3) is 0.613. The first-order chi connectivity index (χ1) is 50.6. The van der Waals surface area contributed by atoms with Crippen molar-refractivity contribution >= 4 is 89.3 Å². The van der Waals surface area contributed by atoms with Crippen LogP contribution in [0.2, 0.25) is 0 Å². The predicted octanol–water partition coefficient (Wildman–Crippen LogP) is 5.85. The van der Waals surface area contributed by atoms with Gasteiger partial charge in [0, 0.05) is 61.4 Å². The fourth-order valence-electron chi connectivity index (χ4n) is 8.14. The molecule has 1 amide bonds. The van der Waals surface area contributed by atoms with Crippen LogP contribution in [0.1, 0.15) is 202 Å². The van der Waals surface area contributed by atoms with Crippen molar-refractivity contribution < 1.29 is 159 Å². The molecule has 0 aliphatic heterocycles. The van der Waals surface area contributed by atoms with E-state index in [1.54, 1.807) is 39.6 Å². The first-order valence-electron chi connectivity index (χ1n) is 34.8. The molecule has 2 rings (SSSR count). The highest BCUT2D eigenvalue weighted by Gasteiger charge is 2.42. The summed E-state index contributed by atoms with van der Waals surface area (Å²) in [5.74, 6) is -11.3. The average Bonchev–Trinajstić information content (AvgIpc) is 0.790. The Hall–Kier alpha value is -9.77. The molecule has 1 aliphatic rings. The number of nitrogens with zero attached hydrogens (tertiary/aromatic N) is 1. The number of hydrogen-bond acceptors (Lipinski definition) is 31. The Balaban J connectivity index is 0. The smallest absolute Gasteiger partial charge is 0.339 e. The molecule has 1 aromatic carbocycles. The number of aliphatic hydroxyl groups excluding tert-OH is 4. The molecule has 7 unspecified atom stereocenters. The number of carboxylic acids is 2. The second-order valence-electron chi connectivity index (χ2n) is 26.6. The van der Waals surface area contributed by atoms with Gasteiger partial charge in [0.25, 0.3) is 0 Å².